The van der Waals surface area contributed by atoms with Gasteiger partial charge in [0.25, 0.3) is 0 Å². The van der Waals surface area contributed by atoms with E-state index < -0.39 is 17.8 Å². The highest BCUT2D eigenvalue weighted by molar-refractivity contribution is 5.68. The van der Waals surface area contributed by atoms with Gasteiger partial charge in [-0.25, -0.2) is 10.0 Å². The van der Waals surface area contributed by atoms with Gasteiger partial charge in [-0.05, 0) is 44.0 Å². The van der Waals surface area contributed by atoms with Crippen molar-refractivity contribution < 1.29 is 22.7 Å². The highest BCUT2D eigenvalue weighted by atomic mass is 19.4. The molecule has 9 nitrogen and oxygen atoms in total. The van der Waals surface area contributed by atoms with Gasteiger partial charge in [-0.3, -0.25) is 9.74 Å². The van der Waals surface area contributed by atoms with Crippen molar-refractivity contribution in [1.82, 2.24) is 19.8 Å². The molecule has 0 aliphatic carbocycles. The van der Waals surface area contributed by atoms with E-state index in [0.717, 1.165) is 43.4 Å². The van der Waals surface area contributed by atoms with Gasteiger partial charge in [-0.2, -0.15) is 18.2 Å². The highest BCUT2D eigenvalue weighted by Gasteiger charge is 2.45. The van der Waals surface area contributed by atoms with Crippen molar-refractivity contribution in [2.24, 2.45) is 0 Å². The molecule has 4 aliphatic rings. The number of piperidine rings is 1. The van der Waals surface area contributed by atoms with Crippen molar-refractivity contribution >= 4 is 23.1 Å². The maximum Gasteiger partial charge on any atom is 0.421 e. The van der Waals surface area contributed by atoms with E-state index in [0.29, 0.717) is 36.0 Å². The number of halogens is 3. The SMILES string of the molecule is COc1cc(Nc2ncc(C(F)(F)F)c(N3OCC[C@H]3c3ccccc3)n2)ccc1N1CCC(N2C[C@@H]3C[C@H]2CN3C)CC1. The van der Waals surface area contributed by atoms with Crippen molar-refractivity contribution in [2.45, 2.75) is 56.0 Å². The smallest absolute Gasteiger partial charge is 0.421 e. The molecule has 0 radical (unpaired) electrons. The second kappa shape index (κ2) is 11.7. The van der Waals surface area contributed by atoms with Crippen LogP contribution in [0.15, 0.2) is 54.7 Å². The summed E-state index contributed by atoms with van der Waals surface area (Å²) in [4.78, 5) is 21.7. The van der Waals surface area contributed by atoms with Crippen molar-refractivity contribution in [3.63, 3.8) is 0 Å². The van der Waals surface area contributed by atoms with Crippen molar-refractivity contribution in [2.75, 3.05) is 62.2 Å². The fraction of sp³-hybridized carbons (Fsp3) is 0.500. The summed E-state index contributed by atoms with van der Waals surface area (Å²) in [5.41, 5.74) is 1.53. The molecule has 0 unspecified atom stereocenters. The van der Waals surface area contributed by atoms with Crippen LogP contribution in [-0.2, 0) is 11.0 Å². The molecule has 0 saturated carbocycles. The summed E-state index contributed by atoms with van der Waals surface area (Å²) in [6.07, 6.45) is 0.225. The molecular weight excluding hydrogens is 571 g/mol. The number of nitrogens with zero attached hydrogens (tertiary/aromatic N) is 6. The van der Waals surface area contributed by atoms with Crippen LogP contribution in [0.3, 0.4) is 0 Å². The number of aromatic nitrogens is 2. The lowest BCUT2D eigenvalue weighted by Crippen LogP contribution is -2.52. The average Bonchev–Trinajstić information content (AvgIpc) is 3.77. The van der Waals surface area contributed by atoms with Crippen LogP contribution in [0, 0.1) is 0 Å². The standard InChI is InChI=1S/C32H38F3N7O2/c1-39-19-25-17-24(39)20-41(25)23-10-13-40(14-11-23)28-9-8-22(16-29(28)43-2)37-31-36-18-26(32(33,34)35)30(38-31)42-27(12-15-44-42)21-6-4-3-5-7-21/h3-9,16,18,23-25,27H,10-15,17,19-20H2,1-2H3,(H,36,37,38)/t24-,25-,27-/m0/s1. The molecule has 1 N–H and O–H groups in total. The minimum atomic E-state index is -4.65. The van der Waals surface area contributed by atoms with Gasteiger partial charge >= 0.3 is 6.18 Å². The molecule has 4 saturated heterocycles. The number of nitrogens with one attached hydrogen (secondary N) is 1. The van der Waals surface area contributed by atoms with Crippen LogP contribution in [0.1, 0.15) is 42.9 Å². The number of hydrogen-bond acceptors (Lipinski definition) is 9. The quantitative estimate of drug-likeness (QED) is 0.375. The zero-order valence-corrected chi connectivity index (χ0v) is 25.0. The molecule has 0 amide bonds. The largest absolute Gasteiger partial charge is 0.495 e. The van der Waals surface area contributed by atoms with E-state index in [-0.39, 0.29) is 18.4 Å². The number of rotatable bonds is 7. The number of fused-ring (bicyclic) bond motifs is 2. The summed E-state index contributed by atoms with van der Waals surface area (Å²) >= 11 is 0. The zero-order chi connectivity index (χ0) is 30.4. The van der Waals surface area contributed by atoms with E-state index >= 15 is 0 Å². The minimum absolute atomic E-state index is 0.0384. The maximum absolute atomic E-state index is 14.1. The summed E-state index contributed by atoms with van der Waals surface area (Å²) in [6.45, 7) is 4.54. The first kappa shape index (κ1) is 29.1. The lowest BCUT2D eigenvalue weighted by molar-refractivity contribution is -0.138. The molecule has 2 aromatic carbocycles. The Morgan fingerprint density at radius 1 is 0.977 bits per heavy atom. The van der Waals surface area contributed by atoms with Crippen LogP contribution in [0.4, 0.5) is 36.3 Å². The second-order valence-electron chi connectivity index (χ2n) is 12.2. The fourth-order valence-corrected chi connectivity index (χ4v) is 7.38. The van der Waals surface area contributed by atoms with E-state index in [1.165, 1.54) is 24.6 Å². The second-order valence-corrected chi connectivity index (χ2v) is 12.2. The van der Waals surface area contributed by atoms with Crippen LogP contribution in [0.25, 0.3) is 0 Å². The first-order valence-corrected chi connectivity index (χ1v) is 15.4. The monoisotopic (exact) mass is 609 g/mol. The Bertz CT molecular complexity index is 1470. The Labute approximate surface area is 255 Å². The molecule has 44 heavy (non-hydrogen) atoms. The number of alkyl halides is 3. The topological polar surface area (TPSA) is 69.2 Å². The Morgan fingerprint density at radius 2 is 1.77 bits per heavy atom. The van der Waals surface area contributed by atoms with Crippen molar-refractivity contribution in [3.8, 4) is 5.75 Å². The summed E-state index contributed by atoms with van der Waals surface area (Å²) in [5, 5.41) is 4.36. The Balaban J connectivity index is 1.07. The molecule has 0 spiro atoms. The molecule has 4 fully saturated rings. The normalized spacial score (nSPS) is 24.8. The summed E-state index contributed by atoms with van der Waals surface area (Å²) in [7, 11) is 3.87. The number of methoxy groups -OCH3 is 1. The van der Waals surface area contributed by atoms with Crippen LogP contribution in [0.5, 0.6) is 5.75 Å². The fourth-order valence-electron chi connectivity index (χ4n) is 7.38. The van der Waals surface area contributed by atoms with Gasteiger partial charge in [-0.15, -0.1) is 0 Å². The Morgan fingerprint density at radius 3 is 2.45 bits per heavy atom. The first-order chi connectivity index (χ1) is 21.3. The third-order valence-corrected chi connectivity index (χ3v) is 9.64. The number of anilines is 4. The van der Waals surface area contributed by atoms with E-state index in [1.54, 1.807) is 7.11 Å². The van der Waals surface area contributed by atoms with Gasteiger partial charge in [0, 0.05) is 68.7 Å². The lowest BCUT2D eigenvalue weighted by atomic mass is 10.0. The number of hydrogen-bond donors (Lipinski definition) is 1. The molecule has 234 valence electrons. The third-order valence-electron chi connectivity index (χ3n) is 9.64. The molecule has 5 heterocycles. The average molecular weight is 610 g/mol. The minimum Gasteiger partial charge on any atom is -0.495 e. The van der Waals surface area contributed by atoms with Gasteiger partial charge in [0.1, 0.15) is 11.3 Å². The van der Waals surface area contributed by atoms with Crippen LogP contribution < -0.4 is 20.0 Å². The number of piperazine rings is 1. The predicted octanol–water partition coefficient (Wildman–Crippen LogP) is 5.49. The number of ether oxygens (including phenoxy) is 1. The van der Waals surface area contributed by atoms with Gasteiger partial charge in [-0.1, -0.05) is 30.3 Å². The molecule has 7 rings (SSSR count). The van der Waals surface area contributed by atoms with E-state index in [4.69, 9.17) is 9.57 Å². The highest BCUT2D eigenvalue weighted by Crippen LogP contribution is 2.42. The Hall–Kier alpha value is -3.61. The van der Waals surface area contributed by atoms with Gasteiger partial charge in [0.2, 0.25) is 5.95 Å². The third kappa shape index (κ3) is 5.54. The van der Waals surface area contributed by atoms with E-state index in [2.05, 4.69) is 37.0 Å². The maximum atomic E-state index is 14.1. The van der Waals surface area contributed by atoms with Gasteiger partial charge < -0.3 is 19.9 Å². The number of likely N-dealkylation sites (tertiary alicyclic amines) is 2. The molecular formula is C32H38F3N7O2. The molecule has 2 bridgehead atoms. The predicted molar refractivity (Wildman–Crippen MR) is 162 cm³/mol. The van der Waals surface area contributed by atoms with Crippen molar-refractivity contribution in [3.05, 3.63) is 65.9 Å². The zero-order valence-electron chi connectivity index (χ0n) is 25.0. The lowest BCUT2D eigenvalue weighted by Gasteiger charge is -2.42. The first-order valence-electron chi connectivity index (χ1n) is 15.4. The molecule has 1 aromatic heterocycles. The van der Waals surface area contributed by atoms with Crippen molar-refractivity contribution in [1.29, 1.82) is 0 Å². The van der Waals surface area contributed by atoms with Gasteiger partial charge in [0.15, 0.2) is 5.82 Å². The summed E-state index contributed by atoms with van der Waals surface area (Å²) in [5.74, 6) is 0.414. The number of hydroxylamine groups is 1. The summed E-state index contributed by atoms with van der Waals surface area (Å²) < 4.78 is 48.0. The molecule has 4 aliphatic heterocycles. The number of likely N-dealkylation sites (N-methyl/N-ethyl adjacent to an activating group) is 1. The summed E-state index contributed by atoms with van der Waals surface area (Å²) in [6, 6.07) is 16.7. The molecule has 3 atom stereocenters. The van der Waals surface area contributed by atoms with Crippen LogP contribution in [-0.4, -0.2) is 84.8 Å². The Kier molecular flexibility index (Phi) is 7.75. The van der Waals surface area contributed by atoms with Crippen LogP contribution in [0.2, 0.25) is 0 Å². The molecule has 12 heteroatoms. The van der Waals surface area contributed by atoms with E-state index in [1.807, 2.05) is 48.5 Å². The van der Waals surface area contributed by atoms with Gasteiger partial charge in [0.05, 0.1) is 25.4 Å². The van der Waals surface area contributed by atoms with E-state index in [9.17, 15) is 13.2 Å². The number of benzene rings is 2. The molecule has 3 aromatic rings. The van der Waals surface area contributed by atoms with Crippen LogP contribution >= 0.6 is 0 Å².